The van der Waals surface area contributed by atoms with Gasteiger partial charge < -0.3 is 10.0 Å². The van der Waals surface area contributed by atoms with Crippen molar-refractivity contribution < 1.29 is 10.0 Å². The quantitative estimate of drug-likeness (QED) is 0.364. The van der Waals surface area contributed by atoms with E-state index in [2.05, 4.69) is 66.7 Å². The summed E-state index contributed by atoms with van der Waals surface area (Å²) in [6, 6.07) is 30.9. The second-order valence-corrected chi connectivity index (χ2v) is 6.85. The van der Waals surface area contributed by atoms with E-state index in [-0.39, 0.29) is 0 Å². The minimum Gasteiger partial charge on any atom is -0.423 e. The number of benzene rings is 5. The SMILES string of the molecule is OB(O)c1cccc(-c2ccc3c4ccccc4c4ccccc4c3c2)c1. The lowest BCUT2D eigenvalue weighted by Gasteiger charge is -2.12. The molecule has 0 saturated carbocycles. The van der Waals surface area contributed by atoms with Crippen molar-refractivity contribution >= 4 is 44.9 Å². The predicted molar refractivity (Wildman–Crippen MR) is 114 cm³/mol. The molecular weight excluding hydrogens is 331 g/mol. The molecule has 2 N–H and O–H groups in total. The minimum atomic E-state index is -1.46. The van der Waals surface area contributed by atoms with E-state index in [0.29, 0.717) is 5.46 Å². The van der Waals surface area contributed by atoms with Crippen LogP contribution in [0.3, 0.4) is 0 Å². The van der Waals surface area contributed by atoms with Gasteiger partial charge in [0.1, 0.15) is 0 Å². The van der Waals surface area contributed by atoms with Crippen molar-refractivity contribution in [2.75, 3.05) is 0 Å². The fourth-order valence-corrected chi connectivity index (χ4v) is 3.97. The van der Waals surface area contributed by atoms with Gasteiger partial charge in [0, 0.05) is 0 Å². The molecule has 5 aromatic rings. The van der Waals surface area contributed by atoms with Gasteiger partial charge in [-0.1, -0.05) is 84.9 Å². The van der Waals surface area contributed by atoms with Gasteiger partial charge in [-0.3, -0.25) is 0 Å². The van der Waals surface area contributed by atoms with Crippen molar-refractivity contribution in [1.29, 1.82) is 0 Å². The highest BCUT2D eigenvalue weighted by molar-refractivity contribution is 6.58. The van der Waals surface area contributed by atoms with E-state index in [1.807, 2.05) is 18.2 Å². The smallest absolute Gasteiger partial charge is 0.423 e. The summed E-state index contributed by atoms with van der Waals surface area (Å²) < 4.78 is 0. The maximum absolute atomic E-state index is 9.48. The average Bonchev–Trinajstić information content (AvgIpc) is 2.73. The van der Waals surface area contributed by atoms with E-state index < -0.39 is 7.12 Å². The molecule has 0 bridgehead atoms. The Morgan fingerprint density at radius 3 is 1.56 bits per heavy atom. The molecule has 3 heteroatoms. The van der Waals surface area contributed by atoms with Crippen molar-refractivity contribution in [2.45, 2.75) is 0 Å². The largest absolute Gasteiger partial charge is 0.488 e. The van der Waals surface area contributed by atoms with E-state index >= 15 is 0 Å². The van der Waals surface area contributed by atoms with Crippen LogP contribution in [0.5, 0.6) is 0 Å². The van der Waals surface area contributed by atoms with Crippen LogP contribution in [-0.2, 0) is 0 Å². The molecule has 0 amide bonds. The summed E-state index contributed by atoms with van der Waals surface area (Å²) >= 11 is 0. The lowest BCUT2D eigenvalue weighted by Crippen LogP contribution is -2.29. The van der Waals surface area contributed by atoms with Crippen LogP contribution in [0, 0.1) is 0 Å². The first-order chi connectivity index (χ1) is 13.2. The second-order valence-electron chi connectivity index (χ2n) is 6.85. The first-order valence-electron chi connectivity index (χ1n) is 9.02. The molecule has 0 saturated heterocycles. The standard InChI is InChI=1S/C24H17BO2/c26-25(27)18-7-5-6-16(14-18)17-12-13-23-21-10-2-1-8-19(21)20-9-3-4-11-22(20)24(23)15-17/h1-15,26-27H. The molecule has 0 heterocycles. The number of fused-ring (bicyclic) bond motifs is 6. The monoisotopic (exact) mass is 348 g/mol. The van der Waals surface area contributed by atoms with Gasteiger partial charge in [-0.05, 0) is 55.0 Å². The van der Waals surface area contributed by atoms with Crippen LogP contribution in [-0.4, -0.2) is 17.2 Å². The molecule has 0 aromatic heterocycles. The Hall–Kier alpha value is -3.14. The fraction of sp³-hybridized carbons (Fsp3) is 0. The van der Waals surface area contributed by atoms with Crippen LogP contribution in [0.2, 0.25) is 0 Å². The molecule has 0 aliphatic rings. The number of hydrogen-bond donors (Lipinski definition) is 2. The highest BCUT2D eigenvalue weighted by Gasteiger charge is 2.13. The van der Waals surface area contributed by atoms with Gasteiger partial charge >= 0.3 is 7.12 Å². The summed E-state index contributed by atoms with van der Waals surface area (Å²) in [6.07, 6.45) is 0. The van der Waals surface area contributed by atoms with Crippen molar-refractivity contribution in [1.82, 2.24) is 0 Å². The summed E-state index contributed by atoms with van der Waals surface area (Å²) in [6.45, 7) is 0. The van der Waals surface area contributed by atoms with Gasteiger partial charge in [-0.15, -0.1) is 0 Å². The van der Waals surface area contributed by atoms with Crippen molar-refractivity contribution in [3.05, 3.63) is 91.0 Å². The maximum atomic E-state index is 9.48. The van der Waals surface area contributed by atoms with E-state index in [4.69, 9.17) is 0 Å². The zero-order valence-corrected chi connectivity index (χ0v) is 14.6. The Morgan fingerprint density at radius 1 is 0.444 bits per heavy atom. The Bertz CT molecular complexity index is 1270. The van der Waals surface area contributed by atoms with Crippen molar-refractivity contribution in [3.63, 3.8) is 0 Å². The highest BCUT2D eigenvalue weighted by atomic mass is 16.4. The molecule has 27 heavy (non-hydrogen) atoms. The molecule has 0 aliphatic carbocycles. The summed E-state index contributed by atoms with van der Waals surface area (Å²) in [4.78, 5) is 0. The third-order valence-corrected chi connectivity index (χ3v) is 5.26. The third kappa shape index (κ3) is 2.60. The first kappa shape index (κ1) is 16.1. The van der Waals surface area contributed by atoms with Gasteiger partial charge in [-0.2, -0.15) is 0 Å². The van der Waals surface area contributed by atoms with E-state index in [1.54, 1.807) is 6.07 Å². The summed E-state index contributed by atoms with van der Waals surface area (Å²) in [5.74, 6) is 0. The van der Waals surface area contributed by atoms with Crippen LogP contribution < -0.4 is 5.46 Å². The Morgan fingerprint density at radius 2 is 0.963 bits per heavy atom. The maximum Gasteiger partial charge on any atom is 0.488 e. The molecule has 0 atom stereocenters. The Balaban J connectivity index is 1.85. The Kier molecular flexibility index (Phi) is 3.71. The average molecular weight is 348 g/mol. The molecule has 0 radical (unpaired) electrons. The molecule has 0 unspecified atom stereocenters. The molecule has 5 rings (SSSR count). The van der Waals surface area contributed by atoms with Gasteiger partial charge in [0.05, 0.1) is 0 Å². The molecule has 5 aromatic carbocycles. The van der Waals surface area contributed by atoms with Crippen LogP contribution in [0.25, 0.3) is 43.4 Å². The van der Waals surface area contributed by atoms with E-state index in [0.717, 1.165) is 11.1 Å². The van der Waals surface area contributed by atoms with Crippen molar-refractivity contribution in [2.24, 2.45) is 0 Å². The number of rotatable bonds is 2. The molecule has 2 nitrogen and oxygen atoms in total. The van der Waals surface area contributed by atoms with Crippen molar-refractivity contribution in [3.8, 4) is 11.1 Å². The zero-order chi connectivity index (χ0) is 18.4. The first-order valence-corrected chi connectivity index (χ1v) is 9.02. The molecular formula is C24H17BO2. The predicted octanol–water partition coefficient (Wildman–Crippen LogP) is 4.49. The lowest BCUT2D eigenvalue weighted by atomic mass is 9.79. The van der Waals surface area contributed by atoms with Crippen LogP contribution >= 0.6 is 0 Å². The molecule has 0 spiro atoms. The minimum absolute atomic E-state index is 0.496. The normalized spacial score (nSPS) is 11.3. The van der Waals surface area contributed by atoms with Crippen LogP contribution in [0.15, 0.2) is 91.0 Å². The van der Waals surface area contributed by atoms with Gasteiger partial charge in [-0.25, -0.2) is 0 Å². The summed E-state index contributed by atoms with van der Waals surface area (Å²) in [5.41, 5.74) is 2.53. The van der Waals surface area contributed by atoms with Crippen LogP contribution in [0.1, 0.15) is 0 Å². The fourth-order valence-electron chi connectivity index (χ4n) is 3.97. The summed E-state index contributed by atoms with van der Waals surface area (Å²) in [5, 5.41) is 26.4. The molecule has 128 valence electrons. The van der Waals surface area contributed by atoms with Gasteiger partial charge in [0.2, 0.25) is 0 Å². The lowest BCUT2D eigenvalue weighted by molar-refractivity contribution is 0.426. The van der Waals surface area contributed by atoms with Crippen LogP contribution in [0.4, 0.5) is 0 Å². The second kappa shape index (κ2) is 6.24. The van der Waals surface area contributed by atoms with E-state index in [1.165, 1.54) is 32.3 Å². The Labute approximate surface area is 157 Å². The summed E-state index contributed by atoms with van der Waals surface area (Å²) in [7, 11) is -1.46. The highest BCUT2D eigenvalue weighted by Crippen LogP contribution is 2.36. The molecule has 0 aliphatic heterocycles. The number of hydrogen-bond acceptors (Lipinski definition) is 2. The van der Waals surface area contributed by atoms with E-state index in [9.17, 15) is 10.0 Å². The third-order valence-electron chi connectivity index (χ3n) is 5.26. The molecule has 0 fully saturated rings. The van der Waals surface area contributed by atoms with Gasteiger partial charge in [0.25, 0.3) is 0 Å². The van der Waals surface area contributed by atoms with Gasteiger partial charge in [0.15, 0.2) is 0 Å². The zero-order valence-electron chi connectivity index (χ0n) is 14.6. The topological polar surface area (TPSA) is 40.5 Å².